The van der Waals surface area contributed by atoms with Gasteiger partial charge in [-0.05, 0) is 36.8 Å². The molecule has 2 aromatic carbocycles. The quantitative estimate of drug-likeness (QED) is 0.543. The number of thioether (sulfide) groups is 1. The van der Waals surface area contributed by atoms with Gasteiger partial charge in [0, 0.05) is 34.9 Å². The van der Waals surface area contributed by atoms with Crippen molar-refractivity contribution in [2.24, 2.45) is 0 Å². The fraction of sp³-hybridized carbons (Fsp3) is 0.333. The van der Waals surface area contributed by atoms with E-state index in [1.165, 1.54) is 11.6 Å². The first-order valence-electron chi connectivity index (χ1n) is 10.5. The summed E-state index contributed by atoms with van der Waals surface area (Å²) in [4.78, 5) is 9.19. The number of benzene rings is 2. The van der Waals surface area contributed by atoms with Crippen LogP contribution in [0.15, 0.2) is 36.4 Å². The van der Waals surface area contributed by atoms with Crippen LogP contribution in [-0.2, 0) is 12.5 Å². The van der Waals surface area contributed by atoms with Gasteiger partial charge in [0.05, 0.1) is 18.2 Å². The topological polar surface area (TPSA) is 56.3 Å². The maximum Gasteiger partial charge on any atom is 0.310 e. The van der Waals surface area contributed by atoms with Gasteiger partial charge in [0.2, 0.25) is 0 Å². The van der Waals surface area contributed by atoms with Gasteiger partial charge in [-0.2, -0.15) is 20.5 Å². The van der Waals surface area contributed by atoms with Gasteiger partial charge in [-0.15, -0.1) is 0 Å². The smallest absolute Gasteiger partial charge is 0.310 e. The maximum absolute atomic E-state index is 14.0. The summed E-state index contributed by atoms with van der Waals surface area (Å²) in [6.07, 6.45) is 3.22. The molecule has 0 unspecified atom stereocenters. The van der Waals surface area contributed by atoms with Crippen LogP contribution in [0.3, 0.4) is 0 Å². The molecule has 8 heteroatoms. The largest absolute Gasteiger partial charge is 0.496 e. The second-order valence-electron chi connectivity index (χ2n) is 7.88. The average molecular weight is 456 g/mol. The molecule has 3 heterocycles. The van der Waals surface area contributed by atoms with Gasteiger partial charge in [0.25, 0.3) is 0 Å². The Labute approximate surface area is 189 Å². The van der Waals surface area contributed by atoms with E-state index in [1.54, 1.807) is 19.2 Å². The monoisotopic (exact) mass is 455 g/mol. The number of aromatic nitrogens is 2. The van der Waals surface area contributed by atoms with E-state index in [1.807, 2.05) is 24.8 Å². The van der Waals surface area contributed by atoms with Crippen LogP contribution >= 0.6 is 11.8 Å². The molecule has 0 atom stereocenters. The van der Waals surface area contributed by atoms with Crippen molar-refractivity contribution in [2.75, 3.05) is 30.5 Å². The molecule has 0 saturated carbocycles. The molecule has 0 bridgehead atoms. The summed E-state index contributed by atoms with van der Waals surface area (Å²) in [5.74, 6) is 1.42. The van der Waals surface area contributed by atoms with E-state index in [-0.39, 0.29) is 11.3 Å². The highest BCUT2D eigenvalue weighted by Crippen LogP contribution is 2.43. The minimum Gasteiger partial charge on any atom is -0.496 e. The predicted molar refractivity (Wildman–Crippen MR) is 124 cm³/mol. The third-order valence-corrected chi connectivity index (χ3v) is 6.67. The van der Waals surface area contributed by atoms with Crippen molar-refractivity contribution >= 4 is 34.1 Å². The Bertz CT molecular complexity index is 1230. The lowest BCUT2D eigenvalue weighted by Crippen LogP contribution is -2.14. The van der Waals surface area contributed by atoms with Crippen molar-refractivity contribution in [1.29, 1.82) is 0 Å². The van der Waals surface area contributed by atoms with Crippen molar-refractivity contribution in [1.82, 2.24) is 9.97 Å². The molecule has 0 amide bonds. The highest BCUT2D eigenvalue weighted by atomic mass is 32.2. The van der Waals surface area contributed by atoms with Crippen LogP contribution < -0.4 is 14.8 Å². The van der Waals surface area contributed by atoms with Gasteiger partial charge in [-0.25, -0.2) is 9.97 Å². The van der Waals surface area contributed by atoms with Crippen LogP contribution in [0.25, 0.3) is 16.5 Å². The number of aryl methyl sites for hydroxylation is 1. The number of rotatable bonds is 5. The van der Waals surface area contributed by atoms with Gasteiger partial charge >= 0.3 is 5.92 Å². The molecule has 5 nitrogen and oxygen atoms in total. The van der Waals surface area contributed by atoms with Crippen LogP contribution in [0.4, 0.5) is 14.6 Å². The zero-order valence-corrected chi connectivity index (χ0v) is 18.7. The number of methoxy groups -OCH3 is 1. The summed E-state index contributed by atoms with van der Waals surface area (Å²) in [7, 11) is 1.67. The van der Waals surface area contributed by atoms with Gasteiger partial charge in [-0.1, -0.05) is 18.2 Å². The van der Waals surface area contributed by atoms with Gasteiger partial charge in [0.15, 0.2) is 6.61 Å². The average Bonchev–Trinajstić information content (AvgIpc) is 3.12. The fourth-order valence-electron chi connectivity index (χ4n) is 4.20. The number of alkyl halides is 2. The Hall–Kier alpha value is -2.87. The molecule has 0 saturated heterocycles. The summed E-state index contributed by atoms with van der Waals surface area (Å²) in [6, 6.07) is 8.86. The SMILES string of the molecule is COc1cc2nc(C)nc(NCc3cccc4c3OCC4(F)F)c2cc1C1=CCSCC1. The molecule has 5 rings (SSSR count). The minimum atomic E-state index is -2.96. The summed E-state index contributed by atoms with van der Waals surface area (Å²) < 4.78 is 39.1. The zero-order chi connectivity index (χ0) is 22.3. The maximum atomic E-state index is 14.0. The fourth-order valence-corrected chi connectivity index (χ4v) is 5.05. The number of anilines is 1. The summed E-state index contributed by atoms with van der Waals surface area (Å²) in [5, 5.41) is 4.19. The Morgan fingerprint density at radius 2 is 2.12 bits per heavy atom. The van der Waals surface area contributed by atoms with Crippen molar-refractivity contribution in [3.05, 3.63) is 58.9 Å². The Morgan fingerprint density at radius 1 is 1.25 bits per heavy atom. The van der Waals surface area contributed by atoms with Crippen molar-refractivity contribution < 1.29 is 18.3 Å². The van der Waals surface area contributed by atoms with E-state index in [0.717, 1.165) is 40.1 Å². The predicted octanol–water partition coefficient (Wildman–Crippen LogP) is 5.56. The van der Waals surface area contributed by atoms with Gasteiger partial charge < -0.3 is 14.8 Å². The van der Waals surface area contributed by atoms with E-state index >= 15 is 0 Å². The Morgan fingerprint density at radius 3 is 2.91 bits per heavy atom. The number of fused-ring (bicyclic) bond motifs is 2. The van der Waals surface area contributed by atoms with Crippen LogP contribution in [0.1, 0.15) is 28.9 Å². The molecular formula is C24H23F2N3O2S. The molecule has 1 N–H and O–H groups in total. The minimum absolute atomic E-state index is 0.0605. The molecule has 0 fully saturated rings. The standard InChI is InChI=1S/C24H23F2N3O2S/c1-14-28-20-11-21(30-2)17(15-6-8-32-9-7-15)10-18(20)23(29-14)27-12-16-4-3-5-19-22(16)31-13-24(19,25)26/h3-6,10-11H,7-9,12-13H2,1-2H3,(H,27,28,29). The third-order valence-electron chi connectivity index (χ3n) is 5.77. The van der Waals surface area contributed by atoms with E-state index < -0.39 is 12.5 Å². The molecule has 0 radical (unpaired) electrons. The lowest BCUT2D eigenvalue weighted by atomic mass is 9.99. The van der Waals surface area contributed by atoms with Crippen molar-refractivity contribution in [3.63, 3.8) is 0 Å². The molecule has 2 aliphatic rings. The third kappa shape index (κ3) is 3.77. The van der Waals surface area contributed by atoms with Crippen LogP contribution in [-0.4, -0.2) is 35.2 Å². The highest BCUT2D eigenvalue weighted by Gasteiger charge is 2.42. The summed E-state index contributed by atoms with van der Waals surface area (Å²) in [6.45, 7) is 1.52. The molecular weight excluding hydrogens is 432 g/mol. The van der Waals surface area contributed by atoms with Gasteiger partial charge in [-0.3, -0.25) is 0 Å². The second kappa shape index (κ2) is 8.24. The first-order chi connectivity index (χ1) is 15.5. The molecule has 2 aliphatic heterocycles. The lowest BCUT2D eigenvalue weighted by molar-refractivity contribution is -0.0214. The number of hydrogen-bond acceptors (Lipinski definition) is 6. The Balaban J connectivity index is 1.53. The number of nitrogens with zero attached hydrogens (tertiary/aromatic N) is 2. The highest BCUT2D eigenvalue weighted by molar-refractivity contribution is 7.99. The number of para-hydroxylation sites is 1. The van der Waals surface area contributed by atoms with Crippen LogP contribution in [0, 0.1) is 6.92 Å². The van der Waals surface area contributed by atoms with E-state index in [9.17, 15) is 8.78 Å². The normalized spacial score (nSPS) is 16.9. The number of allylic oxidation sites excluding steroid dienone is 1. The first-order valence-corrected chi connectivity index (χ1v) is 11.6. The van der Waals surface area contributed by atoms with Gasteiger partial charge in [0.1, 0.15) is 23.1 Å². The lowest BCUT2D eigenvalue weighted by Gasteiger charge is -2.18. The molecule has 0 spiro atoms. The van der Waals surface area contributed by atoms with Crippen LogP contribution in [0.2, 0.25) is 0 Å². The number of halogens is 2. The zero-order valence-electron chi connectivity index (χ0n) is 17.9. The van der Waals surface area contributed by atoms with Crippen LogP contribution in [0.5, 0.6) is 11.5 Å². The molecule has 32 heavy (non-hydrogen) atoms. The van der Waals surface area contributed by atoms with Crippen molar-refractivity contribution in [3.8, 4) is 11.5 Å². The molecule has 3 aromatic rings. The second-order valence-corrected chi connectivity index (χ2v) is 9.03. The van der Waals surface area contributed by atoms with Crippen molar-refractivity contribution in [2.45, 2.75) is 25.8 Å². The molecule has 0 aliphatic carbocycles. The number of nitrogens with one attached hydrogen (secondary N) is 1. The van der Waals surface area contributed by atoms with E-state index in [2.05, 4.69) is 27.4 Å². The summed E-state index contributed by atoms with van der Waals surface area (Å²) in [5.41, 5.74) is 3.68. The summed E-state index contributed by atoms with van der Waals surface area (Å²) >= 11 is 1.91. The molecule has 166 valence electrons. The molecule has 1 aromatic heterocycles. The number of ether oxygens (including phenoxy) is 2. The number of hydrogen-bond donors (Lipinski definition) is 1. The van der Waals surface area contributed by atoms with E-state index in [4.69, 9.17) is 9.47 Å². The Kier molecular flexibility index (Phi) is 5.41. The van der Waals surface area contributed by atoms with E-state index in [0.29, 0.717) is 23.8 Å². The first kappa shape index (κ1) is 21.0.